The van der Waals surface area contributed by atoms with Crippen molar-refractivity contribution in [1.82, 2.24) is 15.3 Å². The van der Waals surface area contributed by atoms with Crippen LogP contribution in [0.3, 0.4) is 0 Å². The molecule has 0 radical (unpaired) electrons. The van der Waals surface area contributed by atoms with E-state index in [1.807, 2.05) is 11.4 Å². The number of hydrogen-bond acceptors (Lipinski definition) is 6. The van der Waals surface area contributed by atoms with E-state index in [-0.39, 0.29) is 18.6 Å². The van der Waals surface area contributed by atoms with Crippen molar-refractivity contribution in [2.75, 3.05) is 19.8 Å². The van der Waals surface area contributed by atoms with Gasteiger partial charge >= 0.3 is 0 Å². The number of rotatable bonds is 5. The van der Waals surface area contributed by atoms with Gasteiger partial charge < -0.3 is 14.8 Å². The number of amides is 1. The summed E-state index contributed by atoms with van der Waals surface area (Å²) in [5, 5.41) is 5.56. The molecule has 0 bridgehead atoms. The lowest BCUT2D eigenvalue weighted by Crippen LogP contribution is -2.35. The Morgan fingerprint density at radius 1 is 1.55 bits per heavy atom. The Morgan fingerprint density at radius 2 is 2.50 bits per heavy atom. The molecule has 2 aromatic heterocycles. The molecule has 7 heteroatoms. The van der Waals surface area contributed by atoms with E-state index in [2.05, 4.69) is 15.3 Å². The van der Waals surface area contributed by atoms with Crippen molar-refractivity contribution in [1.29, 1.82) is 0 Å². The highest BCUT2D eigenvalue weighted by Crippen LogP contribution is 2.25. The molecule has 20 heavy (non-hydrogen) atoms. The Balaban J connectivity index is 1.51. The zero-order chi connectivity index (χ0) is 13.8. The number of carbonyl (C=O) groups excluding carboxylic acids is 1. The van der Waals surface area contributed by atoms with Gasteiger partial charge in [0.1, 0.15) is 11.2 Å². The normalized spacial score (nSPS) is 18.3. The minimum absolute atomic E-state index is 0.0469. The van der Waals surface area contributed by atoms with E-state index in [4.69, 9.17) is 9.47 Å². The number of nitrogens with zero attached hydrogens (tertiary/aromatic N) is 2. The fraction of sp³-hybridized carbons (Fsp3) is 0.462. The lowest BCUT2D eigenvalue weighted by atomic mass is 10.2. The summed E-state index contributed by atoms with van der Waals surface area (Å²) >= 11 is 1.51. The van der Waals surface area contributed by atoms with Gasteiger partial charge in [-0.1, -0.05) is 0 Å². The van der Waals surface area contributed by atoms with Crippen LogP contribution in [-0.4, -0.2) is 41.7 Å². The molecule has 3 rings (SSSR count). The molecule has 0 aromatic carbocycles. The van der Waals surface area contributed by atoms with Crippen LogP contribution in [0.15, 0.2) is 17.8 Å². The van der Waals surface area contributed by atoms with E-state index in [9.17, 15) is 4.79 Å². The zero-order valence-electron chi connectivity index (χ0n) is 10.9. The second-order valence-electron chi connectivity index (χ2n) is 4.55. The van der Waals surface area contributed by atoms with Gasteiger partial charge in [0.2, 0.25) is 5.88 Å². The maximum atomic E-state index is 11.7. The van der Waals surface area contributed by atoms with E-state index in [1.165, 1.54) is 17.7 Å². The summed E-state index contributed by atoms with van der Waals surface area (Å²) in [7, 11) is 0. The SMILES string of the molecule is O=C(COc1ncnc2sccc12)NCC1CCCO1. The van der Waals surface area contributed by atoms with E-state index < -0.39 is 0 Å². The topological polar surface area (TPSA) is 73.3 Å². The monoisotopic (exact) mass is 293 g/mol. The van der Waals surface area contributed by atoms with Crippen LogP contribution in [0.5, 0.6) is 5.88 Å². The van der Waals surface area contributed by atoms with Crippen LogP contribution in [-0.2, 0) is 9.53 Å². The van der Waals surface area contributed by atoms with E-state index >= 15 is 0 Å². The predicted molar refractivity (Wildman–Crippen MR) is 74.9 cm³/mol. The number of thiophene rings is 1. The van der Waals surface area contributed by atoms with Crippen LogP contribution in [0.4, 0.5) is 0 Å². The highest BCUT2D eigenvalue weighted by Gasteiger charge is 2.16. The van der Waals surface area contributed by atoms with Crippen LogP contribution >= 0.6 is 11.3 Å². The smallest absolute Gasteiger partial charge is 0.258 e. The van der Waals surface area contributed by atoms with Gasteiger partial charge in [-0.25, -0.2) is 9.97 Å². The summed E-state index contributed by atoms with van der Waals surface area (Å²) in [5.74, 6) is 0.283. The lowest BCUT2D eigenvalue weighted by Gasteiger charge is -2.11. The molecule has 1 amide bonds. The molecule has 0 saturated carbocycles. The van der Waals surface area contributed by atoms with Gasteiger partial charge in [0, 0.05) is 13.2 Å². The van der Waals surface area contributed by atoms with Crippen LogP contribution in [0.25, 0.3) is 10.2 Å². The first kappa shape index (κ1) is 13.3. The molecule has 1 atom stereocenters. The lowest BCUT2D eigenvalue weighted by molar-refractivity contribution is -0.123. The average molecular weight is 293 g/mol. The van der Waals surface area contributed by atoms with Crippen molar-refractivity contribution < 1.29 is 14.3 Å². The first-order valence-corrected chi connectivity index (χ1v) is 7.40. The first-order chi connectivity index (χ1) is 9.83. The Labute approximate surface area is 120 Å². The number of hydrogen-bond donors (Lipinski definition) is 1. The van der Waals surface area contributed by atoms with E-state index in [1.54, 1.807) is 0 Å². The maximum Gasteiger partial charge on any atom is 0.258 e. The third-order valence-electron chi connectivity index (χ3n) is 3.12. The van der Waals surface area contributed by atoms with Gasteiger partial charge in [-0.2, -0.15) is 0 Å². The fourth-order valence-electron chi connectivity index (χ4n) is 2.10. The third-order valence-corrected chi connectivity index (χ3v) is 3.94. The minimum Gasteiger partial charge on any atom is -0.467 e. The standard InChI is InChI=1S/C13H15N3O3S/c17-11(14-6-9-2-1-4-18-9)7-19-12-10-3-5-20-13(10)16-8-15-12/h3,5,8-9H,1-2,4,6-7H2,(H,14,17). The van der Waals surface area contributed by atoms with Crippen molar-refractivity contribution in [2.24, 2.45) is 0 Å². The van der Waals surface area contributed by atoms with Crippen LogP contribution < -0.4 is 10.1 Å². The Morgan fingerprint density at radius 3 is 3.35 bits per heavy atom. The molecule has 1 aliphatic rings. The van der Waals surface area contributed by atoms with E-state index in [0.717, 1.165) is 29.7 Å². The van der Waals surface area contributed by atoms with Crippen LogP contribution in [0.1, 0.15) is 12.8 Å². The molecule has 3 heterocycles. The molecule has 0 aliphatic carbocycles. The van der Waals surface area contributed by atoms with Crippen molar-refractivity contribution in [2.45, 2.75) is 18.9 Å². The largest absolute Gasteiger partial charge is 0.467 e. The van der Waals surface area contributed by atoms with Crippen LogP contribution in [0, 0.1) is 0 Å². The van der Waals surface area contributed by atoms with Gasteiger partial charge in [0.25, 0.3) is 5.91 Å². The average Bonchev–Trinajstić information content (AvgIpc) is 3.13. The van der Waals surface area contributed by atoms with Gasteiger partial charge in [-0.05, 0) is 24.3 Å². The summed E-state index contributed by atoms with van der Waals surface area (Å²) in [4.78, 5) is 20.8. The van der Waals surface area contributed by atoms with Crippen molar-refractivity contribution in [3.8, 4) is 5.88 Å². The van der Waals surface area contributed by atoms with Gasteiger partial charge in [0.15, 0.2) is 6.61 Å². The number of aromatic nitrogens is 2. The second kappa shape index (κ2) is 6.15. The van der Waals surface area contributed by atoms with Crippen molar-refractivity contribution in [3.63, 3.8) is 0 Å². The Bertz CT molecular complexity index is 595. The number of fused-ring (bicyclic) bond motifs is 1. The molecule has 0 spiro atoms. The molecule has 1 unspecified atom stereocenters. The number of ether oxygens (including phenoxy) is 2. The van der Waals surface area contributed by atoms with E-state index in [0.29, 0.717) is 12.4 Å². The molecule has 1 aliphatic heterocycles. The summed E-state index contributed by atoms with van der Waals surface area (Å²) in [6.45, 7) is 1.28. The fourth-order valence-corrected chi connectivity index (χ4v) is 2.82. The van der Waals surface area contributed by atoms with Crippen LogP contribution in [0.2, 0.25) is 0 Å². The predicted octanol–water partition coefficient (Wildman–Crippen LogP) is 1.37. The van der Waals surface area contributed by atoms with Crippen molar-refractivity contribution >= 4 is 27.5 Å². The highest BCUT2D eigenvalue weighted by atomic mass is 32.1. The maximum absolute atomic E-state index is 11.7. The minimum atomic E-state index is -0.164. The highest BCUT2D eigenvalue weighted by molar-refractivity contribution is 7.16. The van der Waals surface area contributed by atoms with Crippen molar-refractivity contribution in [3.05, 3.63) is 17.8 Å². The number of nitrogens with one attached hydrogen (secondary N) is 1. The van der Waals surface area contributed by atoms with Gasteiger partial charge in [-0.15, -0.1) is 11.3 Å². The Kier molecular flexibility index (Phi) is 4.08. The molecule has 6 nitrogen and oxygen atoms in total. The zero-order valence-corrected chi connectivity index (χ0v) is 11.7. The molecular weight excluding hydrogens is 278 g/mol. The quantitative estimate of drug-likeness (QED) is 0.901. The first-order valence-electron chi connectivity index (χ1n) is 6.52. The molecule has 106 valence electrons. The molecule has 2 aromatic rings. The molecule has 1 N–H and O–H groups in total. The second-order valence-corrected chi connectivity index (χ2v) is 5.44. The Hall–Kier alpha value is -1.73. The summed E-state index contributed by atoms with van der Waals surface area (Å²) < 4.78 is 10.9. The molecule has 1 saturated heterocycles. The number of carbonyl (C=O) groups is 1. The summed E-state index contributed by atoms with van der Waals surface area (Å²) in [5.41, 5.74) is 0. The van der Waals surface area contributed by atoms with Gasteiger partial charge in [0.05, 0.1) is 11.5 Å². The molecule has 1 fully saturated rings. The third kappa shape index (κ3) is 3.05. The summed E-state index contributed by atoms with van der Waals surface area (Å²) in [6.07, 6.45) is 3.65. The van der Waals surface area contributed by atoms with Gasteiger partial charge in [-0.3, -0.25) is 4.79 Å². The summed E-state index contributed by atoms with van der Waals surface area (Å²) in [6, 6.07) is 1.89. The molecular formula is C13H15N3O3S.